The number of aliphatic carboxylic acids is 2. The lowest BCUT2D eigenvalue weighted by molar-refractivity contribution is -0.140. The van der Waals surface area contributed by atoms with Crippen molar-refractivity contribution in [3.05, 3.63) is 0 Å². The van der Waals surface area contributed by atoms with Crippen LogP contribution in [0.5, 0.6) is 0 Å². The summed E-state index contributed by atoms with van der Waals surface area (Å²) in [6, 6.07) is -1.59. The predicted octanol–water partition coefficient (Wildman–Crippen LogP) is -2.55. The lowest BCUT2D eigenvalue weighted by atomic mass is 10.1. The van der Waals surface area contributed by atoms with Gasteiger partial charge in [-0.2, -0.15) is 0 Å². The molecule has 138 valence electrons. The normalized spacial score (nSPS) is 13.2. The van der Waals surface area contributed by atoms with Crippen molar-refractivity contribution in [2.24, 2.45) is 11.5 Å². The van der Waals surface area contributed by atoms with Crippen molar-refractivity contribution in [3.8, 4) is 0 Å². The summed E-state index contributed by atoms with van der Waals surface area (Å²) in [7, 11) is 1.39. The molecule has 0 aliphatic heterocycles. The van der Waals surface area contributed by atoms with Crippen molar-refractivity contribution in [1.82, 2.24) is 15.8 Å². The number of carboxylic acid groups (broad SMARTS) is 2. The van der Waals surface area contributed by atoms with E-state index in [0.29, 0.717) is 6.42 Å². The van der Waals surface area contributed by atoms with E-state index in [2.05, 4.69) is 10.7 Å². The molecule has 0 aliphatic rings. The number of hydrogen-bond donors (Lipinski definition) is 6. The number of carboxylic acids is 2. The quantitative estimate of drug-likeness (QED) is 0.206. The van der Waals surface area contributed by atoms with Gasteiger partial charge in [0, 0.05) is 25.9 Å². The summed E-state index contributed by atoms with van der Waals surface area (Å²) in [5, 5.41) is 20.8. The highest BCUT2D eigenvalue weighted by molar-refractivity contribution is 5.83. The molecule has 0 rings (SSSR count). The van der Waals surface area contributed by atoms with Crippen LogP contribution < -0.4 is 22.2 Å². The van der Waals surface area contributed by atoms with Crippen molar-refractivity contribution in [3.63, 3.8) is 0 Å². The van der Waals surface area contributed by atoms with E-state index in [1.54, 1.807) is 0 Å². The Morgan fingerprint density at radius 3 is 2.25 bits per heavy atom. The van der Waals surface area contributed by atoms with E-state index in [1.165, 1.54) is 7.05 Å². The van der Waals surface area contributed by atoms with Gasteiger partial charge < -0.3 is 27.0 Å². The Labute approximate surface area is 139 Å². The molecule has 2 amide bonds. The van der Waals surface area contributed by atoms with E-state index in [-0.39, 0.29) is 32.4 Å². The molecule has 11 heteroatoms. The highest BCUT2D eigenvalue weighted by Gasteiger charge is 2.21. The van der Waals surface area contributed by atoms with Crippen molar-refractivity contribution in [2.75, 3.05) is 20.1 Å². The smallest absolute Gasteiger partial charge is 0.319 e. The minimum atomic E-state index is -1.10. The van der Waals surface area contributed by atoms with E-state index in [9.17, 15) is 19.2 Å². The first kappa shape index (κ1) is 21.8. The maximum Gasteiger partial charge on any atom is 0.319 e. The second-order valence-electron chi connectivity index (χ2n) is 5.31. The topological polar surface area (TPSA) is 188 Å². The van der Waals surface area contributed by atoms with Gasteiger partial charge in [-0.25, -0.2) is 5.01 Å². The third-order valence-corrected chi connectivity index (χ3v) is 2.99. The van der Waals surface area contributed by atoms with Gasteiger partial charge in [-0.3, -0.25) is 24.6 Å². The maximum atomic E-state index is 11.9. The van der Waals surface area contributed by atoms with Crippen molar-refractivity contribution >= 4 is 23.8 Å². The Bertz CT molecular complexity index is 458. The zero-order valence-electron chi connectivity index (χ0n) is 13.5. The number of hydrazine groups is 1. The molecule has 0 aliphatic carbocycles. The zero-order valence-corrected chi connectivity index (χ0v) is 13.5. The summed E-state index contributed by atoms with van der Waals surface area (Å²) in [6.45, 7) is -0.159. The number of likely N-dealkylation sites (N-methyl/N-ethyl adjacent to an activating group) is 1. The average Bonchev–Trinajstić information content (AvgIpc) is 2.43. The van der Waals surface area contributed by atoms with Gasteiger partial charge in [0.1, 0.15) is 6.54 Å². The monoisotopic (exact) mass is 347 g/mol. The molecule has 24 heavy (non-hydrogen) atoms. The van der Waals surface area contributed by atoms with E-state index in [0.717, 1.165) is 5.01 Å². The summed E-state index contributed by atoms with van der Waals surface area (Å²) in [5.41, 5.74) is 13.4. The summed E-state index contributed by atoms with van der Waals surface area (Å²) in [5.74, 6) is -3.22. The van der Waals surface area contributed by atoms with Gasteiger partial charge in [-0.05, 0) is 19.4 Å². The van der Waals surface area contributed by atoms with Crippen LogP contribution in [0.3, 0.4) is 0 Å². The molecule has 0 aromatic rings. The van der Waals surface area contributed by atoms with E-state index in [4.69, 9.17) is 21.7 Å². The van der Waals surface area contributed by atoms with Gasteiger partial charge in [0.25, 0.3) is 0 Å². The summed E-state index contributed by atoms with van der Waals surface area (Å²) in [4.78, 5) is 44.7. The first-order valence-corrected chi connectivity index (χ1v) is 7.36. The summed E-state index contributed by atoms with van der Waals surface area (Å²) in [6.07, 6.45) is -0.0628. The summed E-state index contributed by atoms with van der Waals surface area (Å²) < 4.78 is 0. The van der Waals surface area contributed by atoms with Crippen LogP contribution >= 0.6 is 0 Å². The Balaban J connectivity index is 4.46. The second kappa shape index (κ2) is 11.3. The van der Waals surface area contributed by atoms with Gasteiger partial charge in [0.05, 0.1) is 6.04 Å². The van der Waals surface area contributed by atoms with Crippen molar-refractivity contribution in [1.29, 1.82) is 0 Å². The molecule has 0 aromatic heterocycles. The Morgan fingerprint density at radius 2 is 1.75 bits per heavy atom. The minimum Gasteiger partial charge on any atom is -0.481 e. The Morgan fingerprint density at radius 1 is 1.12 bits per heavy atom. The average molecular weight is 347 g/mol. The number of hydrogen-bond acceptors (Lipinski definition) is 7. The molecule has 0 bridgehead atoms. The van der Waals surface area contributed by atoms with Gasteiger partial charge in [-0.15, -0.1) is 0 Å². The highest BCUT2D eigenvalue weighted by Crippen LogP contribution is 2.01. The number of carbonyl (C=O) groups excluding carboxylic acids is 2. The number of nitrogens with two attached hydrogens (primary N) is 2. The molecule has 0 aromatic carbocycles. The maximum absolute atomic E-state index is 11.9. The zero-order chi connectivity index (χ0) is 18.7. The van der Waals surface area contributed by atoms with Crippen LogP contribution in [0, 0.1) is 0 Å². The van der Waals surface area contributed by atoms with E-state index >= 15 is 0 Å². The van der Waals surface area contributed by atoms with Gasteiger partial charge in [0.15, 0.2) is 0 Å². The lowest BCUT2D eigenvalue weighted by Crippen LogP contribution is -2.49. The third kappa shape index (κ3) is 10.5. The fourth-order valence-corrected chi connectivity index (χ4v) is 1.87. The molecular formula is C13H25N5O6. The molecule has 2 atom stereocenters. The fourth-order valence-electron chi connectivity index (χ4n) is 1.87. The largest absolute Gasteiger partial charge is 0.481 e. The number of nitrogens with zero attached hydrogens (tertiary/aromatic N) is 1. The highest BCUT2D eigenvalue weighted by atomic mass is 16.4. The molecule has 8 N–H and O–H groups in total. The molecule has 0 saturated heterocycles. The number of amides is 2. The first-order valence-electron chi connectivity index (χ1n) is 7.36. The number of rotatable bonds is 12. The van der Waals surface area contributed by atoms with Crippen LogP contribution in [-0.4, -0.2) is 71.2 Å². The van der Waals surface area contributed by atoms with Gasteiger partial charge in [-0.1, -0.05) is 0 Å². The van der Waals surface area contributed by atoms with Crippen LogP contribution in [0.15, 0.2) is 0 Å². The molecule has 0 spiro atoms. The SMILES string of the molecule is CN(CC(=O)O)NC(=O)C[C@H](CCN)NC(=O)[C@@H](N)CCC(=O)O. The number of carbonyl (C=O) groups is 4. The van der Waals surface area contributed by atoms with Crippen LogP contribution in [-0.2, 0) is 19.2 Å². The van der Waals surface area contributed by atoms with Gasteiger partial charge >= 0.3 is 11.9 Å². The van der Waals surface area contributed by atoms with Crippen molar-refractivity contribution in [2.45, 2.75) is 37.8 Å². The van der Waals surface area contributed by atoms with Crippen LogP contribution in [0.1, 0.15) is 25.7 Å². The predicted molar refractivity (Wildman–Crippen MR) is 83.5 cm³/mol. The molecule has 0 unspecified atom stereocenters. The molecular weight excluding hydrogens is 322 g/mol. The van der Waals surface area contributed by atoms with Crippen LogP contribution in [0.2, 0.25) is 0 Å². The fraction of sp³-hybridized carbons (Fsp3) is 0.692. The summed E-state index contributed by atoms with van der Waals surface area (Å²) >= 11 is 0. The van der Waals surface area contributed by atoms with Gasteiger partial charge in [0.2, 0.25) is 11.8 Å². The Kier molecular flexibility index (Phi) is 10.3. The number of nitrogens with one attached hydrogen (secondary N) is 2. The standard InChI is InChI=1S/C13H25N5O6/c1-18(7-12(22)23)17-10(19)6-8(4-5-14)16-13(24)9(15)2-3-11(20)21/h8-9H,2-7,14-15H2,1H3,(H,16,24)(H,17,19)(H,20,21)(H,22,23)/t8-,9-/m0/s1. The molecule has 0 fully saturated rings. The third-order valence-electron chi connectivity index (χ3n) is 2.99. The molecule has 0 heterocycles. The molecule has 11 nitrogen and oxygen atoms in total. The molecule has 0 saturated carbocycles. The minimum absolute atomic E-state index is 0.0238. The lowest BCUT2D eigenvalue weighted by Gasteiger charge is -2.22. The van der Waals surface area contributed by atoms with Crippen LogP contribution in [0.4, 0.5) is 0 Å². The molecule has 0 radical (unpaired) electrons. The Hall–Kier alpha value is -2.24. The van der Waals surface area contributed by atoms with Crippen LogP contribution in [0.25, 0.3) is 0 Å². The van der Waals surface area contributed by atoms with Crippen molar-refractivity contribution < 1.29 is 29.4 Å². The van der Waals surface area contributed by atoms with E-state index < -0.39 is 35.8 Å². The van der Waals surface area contributed by atoms with E-state index in [1.807, 2.05) is 0 Å². The first-order chi connectivity index (χ1) is 11.1. The second-order valence-corrected chi connectivity index (χ2v) is 5.31.